The molecule has 0 aliphatic carbocycles. The van der Waals surface area contributed by atoms with Gasteiger partial charge in [0.15, 0.2) is 5.78 Å². The number of hydrogen-bond donors (Lipinski definition) is 0. The maximum absolute atomic E-state index is 12.7. The molecule has 0 unspecified atom stereocenters. The summed E-state index contributed by atoms with van der Waals surface area (Å²) in [6.45, 7) is 3.41. The first kappa shape index (κ1) is 22.4. The third-order valence-electron chi connectivity index (χ3n) is 4.19. The summed E-state index contributed by atoms with van der Waals surface area (Å²) in [4.78, 5) is 48.7. The van der Waals surface area contributed by atoms with Gasteiger partial charge in [-0.3, -0.25) is 29.4 Å². The lowest BCUT2D eigenvalue weighted by Crippen LogP contribution is -2.33. The Labute approximate surface area is 189 Å². The molecule has 3 rings (SSSR count). The van der Waals surface area contributed by atoms with Gasteiger partial charge in [0, 0.05) is 27.7 Å². The summed E-state index contributed by atoms with van der Waals surface area (Å²) in [5.41, 5.74) is 0.596. The van der Waals surface area contributed by atoms with Gasteiger partial charge in [-0.25, -0.2) is 0 Å². The lowest BCUT2D eigenvalue weighted by molar-refractivity contribution is -0.384. The van der Waals surface area contributed by atoms with Gasteiger partial charge in [0.25, 0.3) is 16.8 Å². The summed E-state index contributed by atoms with van der Waals surface area (Å²) in [7, 11) is 0. The van der Waals surface area contributed by atoms with Crippen molar-refractivity contribution < 1.29 is 24.0 Å². The van der Waals surface area contributed by atoms with E-state index in [9.17, 15) is 24.5 Å². The van der Waals surface area contributed by atoms with Crippen LogP contribution in [-0.4, -0.2) is 39.9 Å². The smallest absolute Gasteiger partial charge is 0.293 e. The fourth-order valence-corrected chi connectivity index (χ4v) is 3.90. The Balaban J connectivity index is 1.79. The Kier molecular flexibility index (Phi) is 7.03. The zero-order valence-electron chi connectivity index (χ0n) is 15.9. The first-order chi connectivity index (χ1) is 14.8. The quantitative estimate of drug-likeness (QED) is 0.167. The van der Waals surface area contributed by atoms with E-state index in [0.29, 0.717) is 11.3 Å². The largest absolute Gasteiger partial charge is 0.489 e. The van der Waals surface area contributed by atoms with Crippen molar-refractivity contribution in [2.24, 2.45) is 0 Å². The van der Waals surface area contributed by atoms with Crippen LogP contribution in [0, 0.1) is 10.1 Å². The van der Waals surface area contributed by atoms with Crippen LogP contribution in [0.25, 0.3) is 6.08 Å². The molecular formula is C21H15BrN2O6S. The summed E-state index contributed by atoms with van der Waals surface area (Å²) in [6, 6.07) is 10.2. The summed E-state index contributed by atoms with van der Waals surface area (Å²) >= 11 is 4.09. The van der Waals surface area contributed by atoms with Crippen LogP contribution in [0.4, 0.5) is 10.5 Å². The highest BCUT2D eigenvalue weighted by molar-refractivity contribution is 9.10. The zero-order valence-corrected chi connectivity index (χ0v) is 18.4. The summed E-state index contributed by atoms with van der Waals surface area (Å²) < 4.78 is 6.35. The summed E-state index contributed by atoms with van der Waals surface area (Å²) in [5, 5.41) is 10.2. The lowest BCUT2D eigenvalue weighted by Gasteiger charge is -2.11. The molecule has 31 heavy (non-hydrogen) atoms. The number of carbonyl (C=O) groups excluding carboxylic acids is 3. The molecule has 10 heteroatoms. The molecule has 2 amide bonds. The second-order valence-electron chi connectivity index (χ2n) is 6.28. The second kappa shape index (κ2) is 9.71. The van der Waals surface area contributed by atoms with Gasteiger partial charge in [-0.05, 0) is 48.2 Å². The van der Waals surface area contributed by atoms with Gasteiger partial charge < -0.3 is 4.74 Å². The maximum atomic E-state index is 12.7. The molecule has 0 spiro atoms. The molecule has 1 fully saturated rings. The average molecular weight is 503 g/mol. The fourth-order valence-electron chi connectivity index (χ4n) is 2.69. The van der Waals surface area contributed by atoms with Crippen molar-refractivity contribution in [3.63, 3.8) is 0 Å². The molecule has 158 valence electrons. The standard InChI is InChI=1S/C21H15BrN2O6S/c1-2-9-30-18-8-5-15(22)10-14(18)11-19-20(26)23(21(27)31-19)12-17(25)13-3-6-16(7-4-13)24(28)29/h2-8,10-11H,1,9,12H2/b19-11+. The number of ketones is 1. The summed E-state index contributed by atoms with van der Waals surface area (Å²) in [5.74, 6) is -0.590. The van der Waals surface area contributed by atoms with E-state index in [0.717, 1.165) is 21.1 Å². The molecule has 0 atom stereocenters. The molecule has 8 nitrogen and oxygen atoms in total. The van der Waals surface area contributed by atoms with E-state index in [1.165, 1.54) is 30.3 Å². The van der Waals surface area contributed by atoms with Gasteiger partial charge in [-0.1, -0.05) is 28.6 Å². The monoisotopic (exact) mass is 502 g/mol. The Hall–Kier alpha value is -3.24. The number of ether oxygens (including phenoxy) is 1. The third kappa shape index (κ3) is 5.28. The average Bonchev–Trinajstić information content (AvgIpc) is 3.00. The number of thioether (sulfide) groups is 1. The number of rotatable bonds is 8. The normalized spacial score (nSPS) is 14.7. The predicted molar refractivity (Wildman–Crippen MR) is 120 cm³/mol. The second-order valence-corrected chi connectivity index (χ2v) is 8.19. The number of amides is 2. The van der Waals surface area contributed by atoms with E-state index in [-0.39, 0.29) is 22.8 Å². The minimum Gasteiger partial charge on any atom is -0.489 e. The number of carbonyl (C=O) groups is 3. The van der Waals surface area contributed by atoms with E-state index in [1.54, 1.807) is 24.3 Å². The first-order valence-electron chi connectivity index (χ1n) is 8.86. The van der Waals surface area contributed by atoms with Gasteiger partial charge in [0.05, 0.1) is 16.4 Å². The van der Waals surface area contributed by atoms with Gasteiger partial charge in [0.1, 0.15) is 12.4 Å². The lowest BCUT2D eigenvalue weighted by atomic mass is 10.1. The van der Waals surface area contributed by atoms with Crippen LogP contribution in [0.15, 0.2) is 64.5 Å². The fraction of sp³-hybridized carbons (Fsp3) is 0.0952. The van der Waals surface area contributed by atoms with Crippen molar-refractivity contribution >= 4 is 56.4 Å². The molecule has 0 N–H and O–H groups in total. The highest BCUT2D eigenvalue weighted by atomic mass is 79.9. The van der Waals surface area contributed by atoms with Gasteiger partial charge >= 0.3 is 0 Å². The molecule has 0 radical (unpaired) electrons. The molecule has 2 aromatic carbocycles. The van der Waals surface area contributed by atoms with E-state index in [4.69, 9.17) is 4.74 Å². The maximum Gasteiger partial charge on any atom is 0.293 e. The number of nitro groups is 1. The Morgan fingerprint density at radius 2 is 1.94 bits per heavy atom. The van der Waals surface area contributed by atoms with E-state index < -0.39 is 28.4 Å². The predicted octanol–water partition coefficient (Wildman–Crippen LogP) is 4.84. The first-order valence-corrected chi connectivity index (χ1v) is 10.5. The number of nitrogens with zero attached hydrogens (tertiary/aromatic N) is 2. The van der Waals surface area contributed by atoms with Crippen LogP contribution in [-0.2, 0) is 4.79 Å². The number of imide groups is 1. The van der Waals surface area contributed by atoms with Gasteiger partial charge in [-0.2, -0.15) is 0 Å². The topological polar surface area (TPSA) is 107 Å². The zero-order chi connectivity index (χ0) is 22.5. The number of benzene rings is 2. The highest BCUT2D eigenvalue weighted by Gasteiger charge is 2.36. The van der Waals surface area contributed by atoms with E-state index in [1.807, 2.05) is 0 Å². The van der Waals surface area contributed by atoms with Crippen molar-refractivity contribution in [2.75, 3.05) is 13.2 Å². The Morgan fingerprint density at radius 3 is 2.58 bits per heavy atom. The Bertz CT molecular complexity index is 1110. The SMILES string of the molecule is C=CCOc1ccc(Br)cc1/C=C1/SC(=O)N(CC(=O)c2ccc([N+](=O)[O-])cc2)C1=O. The van der Waals surface area contributed by atoms with Crippen LogP contribution in [0.5, 0.6) is 5.75 Å². The van der Waals surface area contributed by atoms with E-state index >= 15 is 0 Å². The number of non-ortho nitro benzene ring substituents is 1. The number of halogens is 1. The molecule has 2 aromatic rings. The molecule has 0 bridgehead atoms. The molecule has 0 saturated carbocycles. The minimum atomic E-state index is -0.597. The van der Waals surface area contributed by atoms with Crippen molar-refractivity contribution in [2.45, 2.75) is 0 Å². The van der Waals surface area contributed by atoms with E-state index in [2.05, 4.69) is 22.5 Å². The Morgan fingerprint density at radius 1 is 1.23 bits per heavy atom. The summed E-state index contributed by atoms with van der Waals surface area (Å²) in [6.07, 6.45) is 3.12. The molecule has 1 heterocycles. The molecule has 1 aliphatic heterocycles. The third-order valence-corrected chi connectivity index (χ3v) is 5.59. The van der Waals surface area contributed by atoms with Crippen molar-refractivity contribution in [3.05, 3.63) is 85.7 Å². The number of nitro benzene ring substituents is 1. The highest BCUT2D eigenvalue weighted by Crippen LogP contribution is 2.35. The molecular weight excluding hydrogens is 488 g/mol. The molecule has 1 saturated heterocycles. The van der Waals surface area contributed by atoms with Crippen LogP contribution in [0.3, 0.4) is 0 Å². The van der Waals surface area contributed by atoms with Crippen molar-refractivity contribution in [1.82, 2.24) is 4.90 Å². The van der Waals surface area contributed by atoms with Crippen LogP contribution in [0.2, 0.25) is 0 Å². The van der Waals surface area contributed by atoms with Crippen molar-refractivity contribution in [1.29, 1.82) is 0 Å². The number of hydrogen-bond acceptors (Lipinski definition) is 7. The van der Waals surface area contributed by atoms with Crippen LogP contribution in [0.1, 0.15) is 15.9 Å². The van der Waals surface area contributed by atoms with Crippen LogP contribution >= 0.6 is 27.7 Å². The van der Waals surface area contributed by atoms with Crippen LogP contribution < -0.4 is 4.74 Å². The minimum absolute atomic E-state index is 0.156. The van der Waals surface area contributed by atoms with Gasteiger partial charge in [-0.15, -0.1) is 0 Å². The molecule has 1 aliphatic rings. The number of Topliss-reactive ketones (excluding diaryl/α,β-unsaturated/α-hetero) is 1. The molecule has 0 aromatic heterocycles. The van der Waals surface area contributed by atoms with Gasteiger partial charge in [0.2, 0.25) is 0 Å². The van der Waals surface area contributed by atoms with Crippen molar-refractivity contribution in [3.8, 4) is 5.75 Å².